The molecule has 0 radical (unpaired) electrons. The van der Waals surface area contributed by atoms with Gasteiger partial charge < -0.3 is 16.0 Å². The van der Waals surface area contributed by atoms with Gasteiger partial charge in [-0.1, -0.05) is 17.7 Å². The van der Waals surface area contributed by atoms with Gasteiger partial charge in [0.2, 0.25) is 17.8 Å². The van der Waals surface area contributed by atoms with Crippen molar-refractivity contribution in [2.45, 2.75) is 12.7 Å². The van der Waals surface area contributed by atoms with E-state index in [1.54, 1.807) is 19.0 Å². The summed E-state index contributed by atoms with van der Waals surface area (Å²) in [5.74, 6) is 2.02. The highest BCUT2D eigenvalue weighted by atomic mass is 32.2. The molecule has 0 aliphatic rings. The minimum atomic E-state index is 0.0510. The first kappa shape index (κ1) is 17.0. The summed E-state index contributed by atoms with van der Waals surface area (Å²) in [5.41, 5.74) is 7.78. The smallest absolute Gasteiger partial charge is 0.232 e. The van der Waals surface area contributed by atoms with Crippen molar-refractivity contribution < 1.29 is 4.79 Å². The number of nitrogens with one attached hydrogen (secondary N) is 1. The summed E-state index contributed by atoms with van der Waals surface area (Å²) in [5, 5.41) is 3.10. The van der Waals surface area contributed by atoms with Crippen molar-refractivity contribution in [1.29, 1.82) is 0 Å². The monoisotopic (exact) mass is 332 g/mol. The topological polar surface area (TPSA) is 97.0 Å². The summed E-state index contributed by atoms with van der Waals surface area (Å²) in [4.78, 5) is 25.6. The fourth-order valence-corrected chi connectivity index (χ4v) is 2.53. The van der Waals surface area contributed by atoms with Crippen LogP contribution < -0.4 is 11.1 Å². The van der Waals surface area contributed by atoms with E-state index in [2.05, 4.69) is 20.3 Å². The number of thioether (sulfide) groups is 1. The quantitative estimate of drug-likeness (QED) is 0.833. The van der Waals surface area contributed by atoms with Gasteiger partial charge in [-0.2, -0.15) is 15.0 Å². The number of anilines is 3. The Labute approximate surface area is 139 Å². The number of nitrogens with zero attached hydrogens (tertiary/aromatic N) is 4. The van der Waals surface area contributed by atoms with Gasteiger partial charge in [0.1, 0.15) is 5.82 Å². The number of carbonyl (C=O) groups is 1. The maximum atomic E-state index is 11.6. The highest BCUT2D eigenvalue weighted by Gasteiger charge is 2.08. The molecule has 1 aromatic heterocycles. The van der Waals surface area contributed by atoms with Gasteiger partial charge in [0, 0.05) is 19.8 Å². The number of nitrogens with two attached hydrogens (primary N) is 1. The SMILES string of the molecule is Cc1ccc(Nc2nc(N)nc(CSCC(=O)N(C)C)n2)cc1. The molecule has 0 saturated heterocycles. The molecule has 0 atom stereocenters. The lowest BCUT2D eigenvalue weighted by Gasteiger charge is -2.10. The van der Waals surface area contributed by atoms with Gasteiger partial charge >= 0.3 is 0 Å². The first-order valence-electron chi connectivity index (χ1n) is 7.06. The van der Waals surface area contributed by atoms with Crippen molar-refractivity contribution >= 4 is 35.3 Å². The van der Waals surface area contributed by atoms with E-state index < -0.39 is 0 Å². The molecule has 2 rings (SSSR count). The zero-order chi connectivity index (χ0) is 16.8. The molecule has 8 heteroatoms. The largest absolute Gasteiger partial charge is 0.368 e. The van der Waals surface area contributed by atoms with Crippen LogP contribution in [-0.2, 0) is 10.5 Å². The first-order chi connectivity index (χ1) is 10.9. The average molecular weight is 332 g/mol. The van der Waals surface area contributed by atoms with Gasteiger partial charge in [-0.05, 0) is 19.1 Å². The molecule has 1 aromatic carbocycles. The molecular formula is C15H20N6OS. The number of carbonyl (C=O) groups excluding carboxylic acids is 1. The Kier molecular flexibility index (Phi) is 5.75. The van der Waals surface area contributed by atoms with Crippen LogP contribution in [0.5, 0.6) is 0 Å². The first-order valence-corrected chi connectivity index (χ1v) is 8.21. The fraction of sp³-hybridized carbons (Fsp3) is 0.333. The van der Waals surface area contributed by atoms with Crippen LogP contribution in [0.3, 0.4) is 0 Å². The third kappa shape index (κ3) is 5.41. The molecule has 122 valence electrons. The molecule has 1 amide bonds. The molecular weight excluding hydrogens is 312 g/mol. The second-order valence-corrected chi connectivity index (χ2v) is 6.19. The maximum absolute atomic E-state index is 11.6. The Balaban J connectivity index is 2.00. The minimum Gasteiger partial charge on any atom is -0.368 e. The Morgan fingerprint density at radius 1 is 1.22 bits per heavy atom. The van der Waals surface area contributed by atoms with Crippen LogP contribution in [0.25, 0.3) is 0 Å². The van der Waals surface area contributed by atoms with Crippen LogP contribution in [0, 0.1) is 6.92 Å². The van der Waals surface area contributed by atoms with Crippen LogP contribution in [0.2, 0.25) is 0 Å². The Morgan fingerprint density at radius 2 is 1.91 bits per heavy atom. The number of benzene rings is 1. The molecule has 3 N–H and O–H groups in total. The number of rotatable bonds is 6. The average Bonchev–Trinajstić information content (AvgIpc) is 2.49. The van der Waals surface area contributed by atoms with Crippen LogP contribution in [0.4, 0.5) is 17.6 Å². The molecule has 0 fully saturated rings. The second kappa shape index (κ2) is 7.77. The lowest BCUT2D eigenvalue weighted by Crippen LogP contribution is -2.23. The lowest BCUT2D eigenvalue weighted by atomic mass is 10.2. The molecule has 0 aliphatic heterocycles. The zero-order valence-corrected chi connectivity index (χ0v) is 14.2. The van der Waals surface area contributed by atoms with Gasteiger partial charge in [-0.3, -0.25) is 4.79 Å². The number of amides is 1. The Bertz CT molecular complexity index is 674. The molecule has 0 saturated carbocycles. The van der Waals surface area contributed by atoms with E-state index in [0.717, 1.165) is 5.69 Å². The number of hydrogen-bond donors (Lipinski definition) is 2. The lowest BCUT2D eigenvalue weighted by molar-refractivity contribution is -0.125. The molecule has 0 unspecified atom stereocenters. The molecule has 7 nitrogen and oxygen atoms in total. The molecule has 2 aromatic rings. The van der Waals surface area contributed by atoms with Gasteiger partial charge in [0.25, 0.3) is 0 Å². The van der Waals surface area contributed by atoms with Gasteiger partial charge in [-0.15, -0.1) is 11.8 Å². The fourth-order valence-electron chi connectivity index (χ4n) is 1.68. The van der Waals surface area contributed by atoms with E-state index >= 15 is 0 Å². The number of aromatic nitrogens is 3. The molecule has 0 aliphatic carbocycles. The summed E-state index contributed by atoms with van der Waals surface area (Å²) in [6, 6.07) is 7.88. The van der Waals surface area contributed by atoms with E-state index in [4.69, 9.17) is 5.73 Å². The van der Waals surface area contributed by atoms with E-state index in [1.165, 1.54) is 17.3 Å². The second-order valence-electron chi connectivity index (χ2n) is 5.21. The van der Waals surface area contributed by atoms with Crippen molar-refractivity contribution in [3.05, 3.63) is 35.7 Å². The summed E-state index contributed by atoms with van der Waals surface area (Å²) in [6.45, 7) is 2.02. The van der Waals surface area contributed by atoms with Crippen molar-refractivity contribution in [2.75, 3.05) is 30.9 Å². The molecule has 1 heterocycles. The van der Waals surface area contributed by atoms with Crippen LogP contribution in [0.1, 0.15) is 11.4 Å². The van der Waals surface area contributed by atoms with Gasteiger partial charge in [0.05, 0.1) is 11.5 Å². The molecule has 23 heavy (non-hydrogen) atoms. The molecule has 0 bridgehead atoms. The summed E-state index contributed by atoms with van der Waals surface area (Å²) >= 11 is 1.44. The van der Waals surface area contributed by atoms with Gasteiger partial charge in [-0.25, -0.2) is 0 Å². The number of aryl methyl sites for hydroxylation is 1. The normalized spacial score (nSPS) is 10.4. The minimum absolute atomic E-state index is 0.0510. The van der Waals surface area contributed by atoms with E-state index in [9.17, 15) is 4.79 Å². The van der Waals surface area contributed by atoms with Crippen molar-refractivity contribution in [2.24, 2.45) is 0 Å². The van der Waals surface area contributed by atoms with Crippen molar-refractivity contribution in [1.82, 2.24) is 19.9 Å². The Hall–Kier alpha value is -2.35. The van der Waals surface area contributed by atoms with Gasteiger partial charge in [0.15, 0.2) is 0 Å². The predicted octanol–water partition coefficient (Wildman–Crippen LogP) is 1.83. The van der Waals surface area contributed by atoms with E-state index in [0.29, 0.717) is 23.3 Å². The highest BCUT2D eigenvalue weighted by molar-refractivity contribution is 7.99. The third-order valence-electron chi connectivity index (χ3n) is 2.96. The zero-order valence-electron chi connectivity index (χ0n) is 13.4. The predicted molar refractivity (Wildman–Crippen MR) is 93.6 cm³/mol. The van der Waals surface area contributed by atoms with Crippen LogP contribution >= 0.6 is 11.8 Å². The summed E-state index contributed by atoms with van der Waals surface area (Å²) in [7, 11) is 3.46. The summed E-state index contributed by atoms with van der Waals surface area (Å²) in [6.07, 6.45) is 0. The van der Waals surface area contributed by atoms with Crippen LogP contribution in [0.15, 0.2) is 24.3 Å². The standard InChI is InChI=1S/C15H20N6OS/c1-10-4-6-11(7-5-10)17-15-19-12(18-14(16)20-15)8-23-9-13(22)21(2)3/h4-7H,8-9H2,1-3H3,(H3,16,17,18,19,20). The maximum Gasteiger partial charge on any atom is 0.232 e. The highest BCUT2D eigenvalue weighted by Crippen LogP contribution is 2.16. The summed E-state index contributed by atoms with van der Waals surface area (Å²) < 4.78 is 0. The Morgan fingerprint density at radius 3 is 2.57 bits per heavy atom. The molecule has 0 spiro atoms. The van der Waals surface area contributed by atoms with Crippen molar-refractivity contribution in [3.8, 4) is 0 Å². The third-order valence-corrected chi connectivity index (χ3v) is 3.88. The van der Waals surface area contributed by atoms with Crippen LogP contribution in [-0.4, -0.2) is 45.6 Å². The number of hydrogen-bond acceptors (Lipinski definition) is 7. The van der Waals surface area contributed by atoms with E-state index in [-0.39, 0.29) is 11.9 Å². The van der Waals surface area contributed by atoms with Crippen molar-refractivity contribution in [3.63, 3.8) is 0 Å². The van der Waals surface area contributed by atoms with E-state index in [1.807, 2.05) is 31.2 Å². The number of nitrogen functional groups attached to an aromatic ring is 1.